The second kappa shape index (κ2) is 5.58. The lowest BCUT2D eigenvalue weighted by molar-refractivity contribution is 0.453. The number of hydrogen-bond acceptors (Lipinski definition) is 5. The van der Waals surface area contributed by atoms with Crippen LogP contribution in [0.2, 0.25) is 0 Å². The van der Waals surface area contributed by atoms with Gasteiger partial charge in [-0.05, 0) is 33.2 Å². The van der Waals surface area contributed by atoms with E-state index in [4.69, 9.17) is 0 Å². The molecular weight excluding hydrogens is 252 g/mol. The fourth-order valence-corrected chi connectivity index (χ4v) is 2.58. The molecule has 1 atom stereocenters. The highest BCUT2D eigenvalue weighted by Crippen LogP contribution is 2.24. The van der Waals surface area contributed by atoms with Gasteiger partial charge >= 0.3 is 0 Å². The van der Waals surface area contributed by atoms with Crippen molar-refractivity contribution < 1.29 is 0 Å². The van der Waals surface area contributed by atoms with Gasteiger partial charge in [0.2, 0.25) is 0 Å². The van der Waals surface area contributed by atoms with Gasteiger partial charge in [0.1, 0.15) is 11.6 Å². The van der Waals surface area contributed by atoms with Crippen LogP contribution in [0.15, 0.2) is 12.1 Å². The van der Waals surface area contributed by atoms with E-state index in [0.717, 1.165) is 41.9 Å². The fraction of sp³-hybridized carbons (Fsp3) is 0.500. The first-order chi connectivity index (χ1) is 9.70. The molecule has 0 saturated carbocycles. The van der Waals surface area contributed by atoms with Gasteiger partial charge in [-0.1, -0.05) is 0 Å². The molecule has 1 unspecified atom stereocenters. The van der Waals surface area contributed by atoms with E-state index in [2.05, 4.69) is 30.8 Å². The molecule has 3 N–H and O–H groups in total. The summed E-state index contributed by atoms with van der Waals surface area (Å²) in [4.78, 5) is 9.02. The summed E-state index contributed by atoms with van der Waals surface area (Å²) in [5.41, 5.74) is 2.13. The average molecular weight is 272 g/mol. The molecule has 1 fully saturated rings. The second-order valence-electron chi connectivity index (χ2n) is 5.33. The first-order valence-corrected chi connectivity index (χ1v) is 7.06. The maximum absolute atomic E-state index is 4.59. The normalized spacial score (nSPS) is 19.0. The number of aromatic nitrogens is 4. The van der Waals surface area contributed by atoms with Gasteiger partial charge < -0.3 is 10.6 Å². The molecule has 0 aliphatic carbocycles. The van der Waals surface area contributed by atoms with Crippen molar-refractivity contribution in [1.29, 1.82) is 0 Å². The third-order valence-electron chi connectivity index (χ3n) is 3.53. The zero-order valence-corrected chi connectivity index (χ0v) is 11.9. The maximum Gasteiger partial charge on any atom is 0.153 e. The predicted octanol–water partition coefficient (Wildman–Crippen LogP) is 2.03. The quantitative estimate of drug-likeness (QED) is 0.797. The van der Waals surface area contributed by atoms with Crippen molar-refractivity contribution in [2.24, 2.45) is 0 Å². The monoisotopic (exact) mass is 272 g/mol. The summed E-state index contributed by atoms with van der Waals surface area (Å²) < 4.78 is 0. The number of piperidine rings is 1. The molecule has 3 rings (SSSR count). The Bertz CT molecular complexity index is 585. The molecule has 0 amide bonds. The lowest BCUT2D eigenvalue weighted by Gasteiger charge is -2.22. The number of H-pyrrole nitrogens is 1. The molecule has 3 heterocycles. The molecule has 1 aliphatic heterocycles. The van der Waals surface area contributed by atoms with E-state index in [9.17, 15) is 0 Å². The van der Waals surface area contributed by atoms with E-state index >= 15 is 0 Å². The number of aromatic amines is 1. The van der Waals surface area contributed by atoms with E-state index < -0.39 is 0 Å². The van der Waals surface area contributed by atoms with Crippen LogP contribution in [0.25, 0.3) is 0 Å². The Kier molecular flexibility index (Phi) is 3.64. The van der Waals surface area contributed by atoms with E-state index in [1.807, 2.05) is 26.0 Å². The smallest absolute Gasteiger partial charge is 0.153 e. The van der Waals surface area contributed by atoms with Crippen molar-refractivity contribution >= 4 is 11.6 Å². The summed E-state index contributed by atoms with van der Waals surface area (Å²) in [6.07, 6.45) is 2.39. The van der Waals surface area contributed by atoms with Crippen molar-refractivity contribution in [1.82, 2.24) is 25.5 Å². The lowest BCUT2D eigenvalue weighted by atomic mass is 9.96. The molecule has 0 radical (unpaired) electrons. The van der Waals surface area contributed by atoms with Gasteiger partial charge in [-0.3, -0.25) is 5.10 Å². The van der Waals surface area contributed by atoms with Crippen LogP contribution in [0.5, 0.6) is 0 Å². The molecule has 106 valence electrons. The molecule has 6 nitrogen and oxygen atoms in total. The number of hydrogen-bond donors (Lipinski definition) is 3. The first kappa shape index (κ1) is 13.1. The second-order valence-corrected chi connectivity index (χ2v) is 5.33. The molecule has 0 bridgehead atoms. The number of nitrogens with zero attached hydrogens (tertiary/aromatic N) is 3. The predicted molar refractivity (Wildman–Crippen MR) is 78.2 cm³/mol. The molecule has 0 spiro atoms. The molecule has 2 aromatic rings. The first-order valence-electron chi connectivity index (χ1n) is 7.06. The van der Waals surface area contributed by atoms with Gasteiger partial charge in [-0.25, -0.2) is 9.97 Å². The van der Waals surface area contributed by atoms with Crippen LogP contribution in [-0.4, -0.2) is 33.3 Å². The largest absolute Gasteiger partial charge is 0.323 e. The fourth-order valence-electron chi connectivity index (χ4n) is 2.58. The maximum atomic E-state index is 4.59. The number of aryl methyl sites for hydroxylation is 2. The van der Waals surface area contributed by atoms with Crippen LogP contribution in [0, 0.1) is 13.8 Å². The van der Waals surface area contributed by atoms with Crippen LogP contribution in [0.1, 0.15) is 36.0 Å². The molecule has 0 aromatic carbocycles. The van der Waals surface area contributed by atoms with Crippen LogP contribution in [0.3, 0.4) is 0 Å². The van der Waals surface area contributed by atoms with Crippen LogP contribution >= 0.6 is 0 Å². The van der Waals surface area contributed by atoms with Crippen molar-refractivity contribution in [3.05, 3.63) is 29.3 Å². The van der Waals surface area contributed by atoms with E-state index in [0.29, 0.717) is 5.92 Å². The standard InChI is InChI=1S/C14H20N6/c1-9-6-14(20-19-9)18-13-7-12(16-10(2)17-13)11-4-3-5-15-8-11/h6-7,11,15H,3-5,8H2,1-2H3,(H2,16,17,18,19,20). The summed E-state index contributed by atoms with van der Waals surface area (Å²) in [6, 6.07) is 3.99. The van der Waals surface area contributed by atoms with E-state index in [1.54, 1.807) is 0 Å². The molecule has 20 heavy (non-hydrogen) atoms. The van der Waals surface area contributed by atoms with Crippen molar-refractivity contribution in [2.45, 2.75) is 32.6 Å². The number of nitrogens with one attached hydrogen (secondary N) is 3. The minimum Gasteiger partial charge on any atom is -0.323 e. The summed E-state index contributed by atoms with van der Waals surface area (Å²) in [6.45, 7) is 6.01. The van der Waals surface area contributed by atoms with Gasteiger partial charge in [0.25, 0.3) is 0 Å². The molecular formula is C14H20N6. The Morgan fingerprint density at radius 1 is 1.20 bits per heavy atom. The van der Waals surface area contributed by atoms with Gasteiger partial charge in [-0.2, -0.15) is 5.10 Å². The Labute approximate surface area is 118 Å². The highest BCUT2D eigenvalue weighted by atomic mass is 15.2. The highest BCUT2D eigenvalue weighted by molar-refractivity contribution is 5.52. The van der Waals surface area contributed by atoms with Crippen LogP contribution in [-0.2, 0) is 0 Å². The third-order valence-corrected chi connectivity index (χ3v) is 3.53. The topological polar surface area (TPSA) is 78.5 Å². The minimum absolute atomic E-state index is 0.479. The Morgan fingerprint density at radius 2 is 2.10 bits per heavy atom. The lowest BCUT2D eigenvalue weighted by Crippen LogP contribution is -2.29. The van der Waals surface area contributed by atoms with Gasteiger partial charge in [0.05, 0.1) is 5.69 Å². The van der Waals surface area contributed by atoms with Crippen molar-refractivity contribution in [3.63, 3.8) is 0 Å². The Hall–Kier alpha value is -1.95. The zero-order valence-electron chi connectivity index (χ0n) is 11.9. The van der Waals surface area contributed by atoms with Gasteiger partial charge in [0.15, 0.2) is 5.82 Å². The summed E-state index contributed by atoms with van der Waals surface area (Å²) >= 11 is 0. The molecule has 1 aliphatic rings. The van der Waals surface area contributed by atoms with Crippen LogP contribution in [0.4, 0.5) is 11.6 Å². The summed E-state index contributed by atoms with van der Waals surface area (Å²) in [5.74, 6) is 2.87. The molecule has 2 aromatic heterocycles. The average Bonchev–Trinajstić information content (AvgIpc) is 2.84. The van der Waals surface area contributed by atoms with Crippen molar-refractivity contribution in [3.8, 4) is 0 Å². The SMILES string of the molecule is Cc1nc(Nc2cc(C)[nH]n2)cc(C2CCCNC2)n1. The molecule has 1 saturated heterocycles. The van der Waals surface area contributed by atoms with E-state index in [-0.39, 0.29) is 0 Å². The number of rotatable bonds is 3. The van der Waals surface area contributed by atoms with Gasteiger partial charge in [-0.15, -0.1) is 0 Å². The Balaban J connectivity index is 1.82. The van der Waals surface area contributed by atoms with Crippen molar-refractivity contribution in [2.75, 3.05) is 18.4 Å². The zero-order chi connectivity index (χ0) is 13.9. The minimum atomic E-state index is 0.479. The number of anilines is 2. The highest BCUT2D eigenvalue weighted by Gasteiger charge is 2.17. The Morgan fingerprint density at radius 3 is 2.80 bits per heavy atom. The van der Waals surface area contributed by atoms with Crippen LogP contribution < -0.4 is 10.6 Å². The van der Waals surface area contributed by atoms with E-state index in [1.165, 1.54) is 12.8 Å². The summed E-state index contributed by atoms with van der Waals surface area (Å²) in [5, 5.41) is 13.7. The van der Waals surface area contributed by atoms with Gasteiger partial charge in [0, 0.05) is 30.3 Å². The third kappa shape index (κ3) is 2.96. The summed E-state index contributed by atoms with van der Waals surface area (Å²) in [7, 11) is 0. The molecule has 6 heteroatoms.